The Morgan fingerprint density at radius 3 is 2.53 bits per heavy atom. The van der Waals surface area contributed by atoms with Gasteiger partial charge in [0.25, 0.3) is 0 Å². The van der Waals surface area contributed by atoms with E-state index >= 15 is 0 Å². The first-order chi connectivity index (χ1) is 15.0. The van der Waals surface area contributed by atoms with E-state index in [-0.39, 0.29) is 30.0 Å². The summed E-state index contributed by atoms with van der Waals surface area (Å²) < 4.78 is 19.4. The Labute approximate surface area is 199 Å². The van der Waals surface area contributed by atoms with Crippen LogP contribution in [0.3, 0.4) is 0 Å². The highest BCUT2D eigenvalue weighted by atomic mass is 35.5. The second kappa shape index (κ2) is 10.8. The molecule has 0 saturated carbocycles. The average molecular weight is 470 g/mol. The number of benzene rings is 4. The van der Waals surface area contributed by atoms with Crippen molar-refractivity contribution in [1.82, 2.24) is 5.32 Å². The van der Waals surface area contributed by atoms with Crippen molar-refractivity contribution in [2.75, 3.05) is 13.7 Å². The van der Waals surface area contributed by atoms with Crippen molar-refractivity contribution in [3.63, 3.8) is 0 Å². The third-order valence-corrected chi connectivity index (χ3v) is 5.83. The molecule has 1 N–H and O–H groups in total. The summed E-state index contributed by atoms with van der Waals surface area (Å²) in [6.07, 6.45) is 0.862. The number of fused-ring (bicyclic) bond motifs is 1. The van der Waals surface area contributed by atoms with E-state index in [0.29, 0.717) is 0 Å². The topological polar surface area (TPSA) is 21.3 Å². The lowest BCUT2D eigenvalue weighted by Gasteiger charge is -2.16. The van der Waals surface area contributed by atoms with Crippen molar-refractivity contribution in [3.05, 3.63) is 101 Å². The zero-order valence-electron chi connectivity index (χ0n) is 18.1. The van der Waals surface area contributed by atoms with E-state index in [4.69, 9.17) is 16.3 Å². The van der Waals surface area contributed by atoms with Gasteiger partial charge in [0.15, 0.2) is 11.6 Å². The number of hydrogen-bond donors (Lipinski definition) is 1. The zero-order valence-corrected chi connectivity index (χ0v) is 19.6. The molecule has 0 heterocycles. The smallest absolute Gasteiger partial charge is 0.165 e. The van der Waals surface area contributed by atoms with Crippen LogP contribution in [0.4, 0.5) is 4.39 Å². The third kappa shape index (κ3) is 5.42. The van der Waals surface area contributed by atoms with Gasteiger partial charge in [-0.2, -0.15) is 0 Å². The predicted molar refractivity (Wildman–Crippen MR) is 135 cm³/mol. The molecule has 0 aliphatic heterocycles. The van der Waals surface area contributed by atoms with Gasteiger partial charge in [0.1, 0.15) is 0 Å². The first-order valence-corrected chi connectivity index (χ1v) is 10.8. The normalized spacial score (nSPS) is 11.8. The SMILES string of the molecule is COc1ccc(-c2cc(CCNC(C)c3cccc(Cl)c3)cc3ccccc23)cc1F.Cl. The number of ether oxygens (including phenoxy) is 1. The van der Waals surface area contributed by atoms with Crippen molar-refractivity contribution in [2.45, 2.75) is 19.4 Å². The Morgan fingerprint density at radius 1 is 0.969 bits per heavy atom. The molecule has 166 valence electrons. The lowest BCUT2D eigenvalue weighted by molar-refractivity contribution is 0.386. The van der Waals surface area contributed by atoms with Gasteiger partial charge in [-0.25, -0.2) is 4.39 Å². The van der Waals surface area contributed by atoms with E-state index in [2.05, 4.69) is 42.6 Å². The van der Waals surface area contributed by atoms with Gasteiger partial charge in [-0.05, 0) is 77.2 Å². The molecular weight excluding hydrogens is 444 g/mol. The molecule has 0 aliphatic rings. The minimum Gasteiger partial charge on any atom is -0.494 e. The molecule has 0 aromatic heterocycles. The highest BCUT2D eigenvalue weighted by Gasteiger charge is 2.11. The van der Waals surface area contributed by atoms with Crippen molar-refractivity contribution in [1.29, 1.82) is 0 Å². The summed E-state index contributed by atoms with van der Waals surface area (Å²) >= 11 is 6.12. The number of rotatable bonds is 7. The molecule has 1 atom stereocenters. The molecule has 1 unspecified atom stereocenters. The van der Waals surface area contributed by atoms with Gasteiger partial charge in [0.2, 0.25) is 0 Å². The molecule has 4 aromatic carbocycles. The number of methoxy groups -OCH3 is 1. The number of hydrogen-bond acceptors (Lipinski definition) is 2. The van der Waals surface area contributed by atoms with E-state index in [0.717, 1.165) is 39.9 Å². The summed E-state index contributed by atoms with van der Waals surface area (Å²) in [7, 11) is 1.48. The van der Waals surface area contributed by atoms with E-state index in [9.17, 15) is 4.39 Å². The molecule has 4 aromatic rings. The standard InChI is InChI=1S/C27H25ClFNO.ClH/c1-18(20-7-5-8-23(28)16-20)30-13-12-19-14-21-6-3-4-9-24(21)25(15-19)22-10-11-27(31-2)26(29)17-22;/h3-11,14-18,30H,12-13H2,1-2H3;1H. The van der Waals surface area contributed by atoms with Crippen LogP contribution < -0.4 is 10.1 Å². The van der Waals surface area contributed by atoms with Crippen molar-refractivity contribution >= 4 is 34.8 Å². The maximum atomic E-state index is 14.4. The lowest BCUT2D eigenvalue weighted by atomic mass is 9.94. The van der Waals surface area contributed by atoms with E-state index in [1.807, 2.05) is 36.4 Å². The summed E-state index contributed by atoms with van der Waals surface area (Å²) in [5, 5.41) is 6.57. The molecule has 5 heteroatoms. The van der Waals surface area contributed by atoms with Gasteiger partial charge < -0.3 is 10.1 Å². The van der Waals surface area contributed by atoms with Crippen LogP contribution in [0, 0.1) is 5.82 Å². The second-order valence-corrected chi connectivity index (χ2v) is 8.13. The fraction of sp³-hybridized carbons (Fsp3) is 0.185. The molecule has 0 aliphatic carbocycles. The van der Waals surface area contributed by atoms with Crippen molar-refractivity contribution in [3.8, 4) is 16.9 Å². The molecule has 0 radical (unpaired) electrons. The Morgan fingerprint density at radius 2 is 1.78 bits per heavy atom. The minimum absolute atomic E-state index is 0. The third-order valence-electron chi connectivity index (χ3n) is 5.60. The molecule has 4 rings (SSSR count). The summed E-state index contributed by atoms with van der Waals surface area (Å²) in [6, 6.07) is 25.9. The minimum atomic E-state index is -0.355. The lowest BCUT2D eigenvalue weighted by Crippen LogP contribution is -2.21. The Hall–Kier alpha value is -2.59. The van der Waals surface area contributed by atoms with Crippen LogP contribution in [0.15, 0.2) is 78.9 Å². The highest BCUT2D eigenvalue weighted by molar-refractivity contribution is 6.30. The molecular formula is C27H26Cl2FNO. The maximum Gasteiger partial charge on any atom is 0.165 e. The van der Waals surface area contributed by atoms with Crippen molar-refractivity contribution in [2.24, 2.45) is 0 Å². The molecule has 0 amide bonds. The van der Waals surface area contributed by atoms with Crippen LogP contribution in [-0.2, 0) is 6.42 Å². The van der Waals surface area contributed by atoms with Crippen LogP contribution >= 0.6 is 24.0 Å². The number of nitrogens with one attached hydrogen (secondary N) is 1. The van der Waals surface area contributed by atoms with E-state index in [1.54, 1.807) is 12.1 Å². The monoisotopic (exact) mass is 469 g/mol. The van der Waals surface area contributed by atoms with Crippen LogP contribution in [-0.4, -0.2) is 13.7 Å². The van der Waals surface area contributed by atoms with Crippen LogP contribution in [0.5, 0.6) is 5.75 Å². The summed E-state index contributed by atoms with van der Waals surface area (Å²) in [5.41, 5.74) is 4.24. The Kier molecular flexibility index (Phi) is 8.14. The fourth-order valence-electron chi connectivity index (χ4n) is 3.92. The van der Waals surface area contributed by atoms with Crippen LogP contribution in [0.2, 0.25) is 5.02 Å². The molecule has 0 saturated heterocycles. The quantitative estimate of drug-likeness (QED) is 0.300. The van der Waals surface area contributed by atoms with Crippen molar-refractivity contribution < 1.29 is 9.13 Å². The fourth-order valence-corrected chi connectivity index (χ4v) is 4.12. The largest absolute Gasteiger partial charge is 0.494 e. The molecule has 0 fully saturated rings. The van der Waals surface area contributed by atoms with Gasteiger partial charge >= 0.3 is 0 Å². The van der Waals surface area contributed by atoms with E-state index in [1.165, 1.54) is 18.2 Å². The zero-order chi connectivity index (χ0) is 21.8. The maximum absolute atomic E-state index is 14.4. The Bertz CT molecular complexity index is 1210. The predicted octanol–water partition coefficient (Wildman–Crippen LogP) is 7.62. The second-order valence-electron chi connectivity index (χ2n) is 7.69. The average Bonchev–Trinajstić information content (AvgIpc) is 2.78. The van der Waals surface area contributed by atoms with Gasteiger partial charge in [0, 0.05) is 11.1 Å². The first kappa shape index (κ1) is 24.1. The van der Waals surface area contributed by atoms with Gasteiger partial charge in [0.05, 0.1) is 7.11 Å². The van der Waals surface area contributed by atoms with Crippen LogP contribution in [0.1, 0.15) is 24.1 Å². The first-order valence-electron chi connectivity index (χ1n) is 10.4. The van der Waals surface area contributed by atoms with Crippen LogP contribution in [0.25, 0.3) is 21.9 Å². The molecule has 0 spiro atoms. The van der Waals surface area contributed by atoms with Gasteiger partial charge in [-0.1, -0.05) is 66.2 Å². The Balaban J connectivity index is 0.00000289. The summed E-state index contributed by atoms with van der Waals surface area (Å²) in [5.74, 6) is -0.102. The number of halogens is 3. The van der Waals surface area contributed by atoms with E-state index < -0.39 is 0 Å². The summed E-state index contributed by atoms with van der Waals surface area (Å²) in [6.45, 7) is 2.96. The van der Waals surface area contributed by atoms with Gasteiger partial charge in [-0.3, -0.25) is 0 Å². The molecule has 2 nitrogen and oxygen atoms in total. The molecule has 32 heavy (non-hydrogen) atoms. The highest BCUT2D eigenvalue weighted by Crippen LogP contribution is 2.32. The van der Waals surface area contributed by atoms with Gasteiger partial charge in [-0.15, -0.1) is 12.4 Å². The summed E-state index contributed by atoms with van der Waals surface area (Å²) in [4.78, 5) is 0. The molecule has 0 bridgehead atoms.